The summed E-state index contributed by atoms with van der Waals surface area (Å²) < 4.78 is 30.0. The monoisotopic (exact) mass is 804 g/mol. The number of benzene rings is 3. The topological polar surface area (TPSA) is 100 Å². The molecule has 7 rings (SSSR count). The molecule has 2 aliphatic heterocycles. The second-order valence-corrected chi connectivity index (χ2v) is 25.9. The zero-order valence-electron chi connectivity index (χ0n) is 27.0. The number of hydrogen-bond donors (Lipinski definition) is 1. The standard InChI is InChI=1S/C36H34AsClN6O3S3/c1-2-18-43(28-16-14-26(15-17-28)37-48-20-21-49-37)34(45)25-42-19-8-9-27(23-42)40-36-39-22-32(38)35(41-36)31-24-44(33-13-7-6-12-30(31)33)50(46,47)29-10-4-3-5-11-29/h1,3-7,10-17,22,24,27H,8-9,18-21,23,25H2,(H,39,40,41). The zero-order valence-corrected chi connectivity index (χ0v) is 32.1. The van der Waals surface area contributed by atoms with Crippen molar-refractivity contribution < 1.29 is 13.2 Å². The Morgan fingerprint density at radius 3 is 2.56 bits per heavy atom. The Bertz CT molecular complexity index is 2160. The van der Waals surface area contributed by atoms with Gasteiger partial charge in [-0.3, -0.25) is 0 Å². The molecule has 2 fully saturated rings. The summed E-state index contributed by atoms with van der Waals surface area (Å²) in [4.78, 5) is 26.9. The van der Waals surface area contributed by atoms with Crippen LogP contribution in [0.3, 0.4) is 0 Å². The number of para-hydroxylation sites is 1. The number of piperidine rings is 1. The predicted octanol–water partition coefficient (Wildman–Crippen LogP) is 5.71. The molecule has 2 saturated heterocycles. The van der Waals surface area contributed by atoms with Gasteiger partial charge in [0.2, 0.25) is 0 Å². The second-order valence-electron chi connectivity index (χ2n) is 11.9. The van der Waals surface area contributed by atoms with E-state index in [1.807, 2.05) is 24.3 Å². The van der Waals surface area contributed by atoms with E-state index in [4.69, 9.17) is 23.0 Å². The Labute approximate surface area is 308 Å². The summed E-state index contributed by atoms with van der Waals surface area (Å²) in [7, 11) is 0.312. The van der Waals surface area contributed by atoms with Crippen molar-refractivity contribution in [2.45, 2.75) is 23.8 Å². The summed E-state index contributed by atoms with van der Waals surface area (Å²) in [5.74, 6) is 5.44. The minimum absolute atomic E-state index is 0.0163. The maximum absolute atomic E-state index is 13.7. The number of carbonyl (C=O) groups is 1. The normalized spacial score (nSPS) is 17.1. The minimum atomic E-state index is -3.88. The van der Waals surface area contributed by atoms with Gasteiger partial charge in [-0.1, -0.05) is 48.0 Å². The fraction of sp³-hybridized carbons (Fsp3) is 0.250. The van der Waals surface area contributed by atoms with Crippen LogP contribution in [0.25, 0.3) is 22.2 Å². The molecule has 3 aromatic carbocycles. The van der Waals surface area contributed by atoms with Crippen molar-refractivity contribution in [3.8, 4) is 23.6 Å². The molecular weight excluding hydrogens is 771 g/mol. The van der Waals surface area contributed by atoms with Crippen molar-refractivity contribution in [1.29, 1.82) is 0 Å². The molecule has 5 aromatic rings. The summed E-state index contributed by atoms with van der Waals surface area (Å²) >= 11 is 5.57. The first-order valence-electron chi connectivity index (χ1n) is 16.1. The molecule has 256 valence electrons. The first-order valence-corrected chi connectivity index (χ1v) is 25.4. The molecule has 9 nitrogen and oxygen atoms in total. The van der Waals surface area contributed by atoms with Crippen LogP contribution in [0.2, 0.25) is 5.02 Å². The van der Waals surface area contributed by atoms with Gasteiger partial charge in [0.1, 0.15) is 0 Å². The molecule has 2 aliphatic rings. The molecule has 0 saturated carbocycles. The predicted molar refractivity (Wildman–Crippen MR) is 208 cm³/mol. The number of fused-ring (bicyclic) bond motifs is 1. The molecule has 0 radical (unpaired) electrons. The van der Waals surface area contributed by atoms with Crippen LogP contribution in [-0.4, -0.2) is 89.2 Å². The molecule has 1 N–H and O–H groups in total. The Balaban J connectivity index is 1.07. The van der Waals surface area contributed by atoms with E-state index in [1.165, 1.54) is 26.0 Å². The van der Waals surface area contributed by atoms with Crippen molar-refractivity contribution >= 4 is 86.8 Å². The van der Waals surface area contributed by atoms with Crippen molar-refractivity contribution in [2.24, 2.45) is 0 Å². The number of carbonyl (C=O) groups excluding carboxylic acids is 1. The summed E-state index contributed by atoms with van der Waals surface area (Å²) in [6.45, 7) is 1.86. The second kappa shape index (κ2) is 15.4. The molecule has 0 aliphatic carbocycles. The summed E-state index contributed by atoms with van der Waals surface area (Å²) in [6.07, 6.45) is 10.6. The van der Waals surface area contributed by atoms with E-state index >= 15 is 0 Å². The van der Waals surface area contributed by atoms with Crippen molar-refractivity contribution in [2.75, 3.05) is 47.9 Å². The molecule has 2 aromatic heterocycles. The van der Waals surface area contributed by atoms with E-state index in [0.717, 1.165) is 25.1 Å². The third kappa shape index (κ3) is 7.45. The molecule has 50 heavy (non-hydrogen) atoms. The molecule has 1 unspecified atom stereocenters. The third-order valence-corrected chi connectivity index (χ3v) is 24.3. The maximum atomic E-state index is 13.7. The number of hydrogen-bond acceptors (Lipinski definition) is 9. The van der Waals surface area contributed by atoms with Crippen LogP contribution >= 0.6 is 31.6 Å². The number of nitrogens with one attached hydrogen (secondary N) is 1. The average Bonchev–Trinajstić information content (AvgIpc) is 3.82. The third-order valence-electron chi connectivity index (χ3n) is 8.60. The number of likely N-dealkylation sites (tertiary alicyclic amines) is 1. The molecule has 1 atom stereocenters. The number of rotatable bonds is 10. The molecule has 0 spiro atoms. The summed E-state index contributed by atoms with van der Waals surface area (Å²) in [5, 5.41) is 4.45. The van der Waals surface area contributed by atoms with Gasteiger partial charge >= 0.3 is 167 Å². The Morgan fingerprint density at radius 2 is 1.80 bits per heavy atom. The van der Waals surface area contributed by atoms with Gasteiger partial charge in [0.25, 0.3) is 10.0 Å². The van der Waals surface area contributed by atoms with E-state index in [9.17, 15) is 13.2 Å². The Kier molecular flexibility index (Phi) is 10.8. The van der Waals surface area contributed by atoms with Crippen molar-refractivity contribution in [3.63, 3.8) is 0 Å². The average molecular weight is 805 g/mol. The van der Waals surface area contributed by atoms with Gasteiger partial charge in [0, 0.05) is 17.1 Å². The number of amides is 1. The summed E-state index contributed by atoms with van der Waals surface area (Å²) in [5.41, 5.74) is 2.35. The van der Waals surface area contributed by atoms with Gasteiger partial charge in [0.05, 0.1) is 27.3 Å². The van der Waals surface area contributed by atoms with Crippen LogP contribution in [0.5, 0.6) is 0 Å². The van der Waals surface area contributed by atoms with Crippen LogP contribution in [-0.2, 0) is 14.8 Å². The number of nitrogens with zero attached hydrogens (tertiary/aromatic N) is 5. The first kappa shape index (κ1) is 35.0. The van der Waals surface area contributed by atoms with Crippen LogP contribution < -0.4 is 14.6 Å². The van der Waals surface area contributed by atoms with Crippen LogP contribution in [0.1, 0.15) is 12.8 Å². The molecule has 14 heteroatoms. The fourth-order valence-corrected chi connectivity index (χ4v) is 21.9. The Hall–Kier alpha value is -3.43. The van der Waals surface area contributed by atoms with Crippen LogP contribution in [0, 0.1) is 12.3 Å². The van der Waals surface area contributed by atoms with Gasteiger partial charge in [-0.25, -0.2) is 22.4 Å². The SMILES string of the molecule is C#CCN(C(=O)CN1CCCC(Nc2ncc(Cl)c(-c3cn(S(=O)(=O)c4ccccc4)c4ccccc34)n2)C1)c1ccc([As]2SCCS2)cc1. The number of halogens is 1. The van der Waals surface area contributed by atoms with Gasteiger partial charge in [-0.2, -0.15) is 0 Å². The van der Waals surface area contributed by atoms with E-state index in [-0.39, 0.29) is 29.9 Å². The zero-order chi connectivity index (χ0) is 34.7. The van der Waals surface area contributed by atoms with Gasteiger partial charge < -0.3 is 0 Å². The van der Waals surface area contributed by atoms with Crippen LogP contribution in [0.15, 0.2) is 96.2 Å². The number of anilines is 2. The molecule has 0 bridgehead atoms. The van der Waals surface area contributed by atoms with E-state index < -0.39 is 22.4 Å². The van der Waals surface area contributed by atoms with Gasteiger partial charge in [-0.15, -0.1) is 0 Å². The van der Waals surface area contributed by atoms with E-state index in [2.05, 4.69) is 53.3 Å². The molecular formula is C36H34AsClN6O3S3. The number of terminal acetylenes is 1. The quantitative estimate of drug-likeness (QED) is 0.141. The van der Waals surface area contributed by atoms with E-state index in [0.29, 0.717) is 39.7 Å². The Morgan fingerprint density at radius 1 is 1.06 bits per heavy atom. The summed E-state index contributed by atoms with van der Waals surface area (Å²) in [6, 6.07) is 24.0. The van der Waals surface area contributed by atoms with Crippen molar-refractivity contribution in [3.05, 3.63) is 96.3 Å². The van der Waals surface area contributed by atoms with Crippen molar-refractivity contribution in [1.82, 2.24) is 18.8 Å². The van der Waals surface area contributed by atoms with Gasteiger partial charge in [-0.05, 0) is 18.2 Å². The number of aromatic nitrogens is 3. The molecule has 4 heterocycles. The van der Waals surface area contributed by atoms with Gasteiger partial charge in [0.15, 0.2) is 0 Å². The van der Waals surface area contributed by atoms with Crippen LogP contribution in [0.4, 0.5) is 11.6 Å². The first-order chi connectivity index (χ1) is 24.3. The fourth-order valence-electron chi connectivity index (χ4n) is 6.24. The van der Waals surface area contributed by atoms with E-state index in [1.54, 1.807) is 53.6 Å². The molecule has 1 amide bonds.